The maximum Gasteiger partial charge on any atom is 0.416 e. The number of carbonyl (C=O) groups is 1. The first kappa shape index (κ1) is 12.9. The molecule has 6 heteroatoms. The van der Waals surface area contributed by atoms with Crippen LogP contribution in [0.25, 0.3) is 0 Å². The number of hydrogen-bond donors (Lipinski definition) is 1. The number of carbonyl (C=O) groups excluding carboxylic acids is 1. The van der Waals surface area contributed by atoms with Crippen LogP contribution in [0.15, 0.2) is 12.3 Å². The molecule has 1 aromatic rings. The Labute approximate surface area is 107 Å². The van der Waals surface area contributed by atoms with Crippen LogP contribution in [0.5, 0.6) is 0 Å². The molecular formula is C12H20N4O2. The summed E-state index contributed by atoms with van der Waals surface area (Å²) >= 11 is 0. The number of amides is 1. The normalized spacial score (nSPS) is 19.6. The van der Waals surface area contributed by atoms with Gasteiger partial charge in [0.05, 0.1) is 6.20 Å². The molecule has 0 bridgehead atoms. The smallest absolute Gasteiger partial charge is 0.416 e. The topological polar surface area (TPSA) is 73.4 Å². The van der Waals surface area contributed by atoms with Crippen LogP contribution in [-0.2, 0) is 11.3 Å². The number of anilines is 1. The van der Waals surface area contributed by atoms with Crippen LogP contribution in [0.3, 0.4) is 0 Å². The summed E-state index contributed by atoms with van der Waals surface area (Å²) < 4.78 is 7.20. The molecule has 2 N–H and O–H groups in total. The predicted molar refractivity (Wildman–Crippen MR) is 68.4 cm³/mol. The third-order valence-electron chi connectivity index (χ3n) is 2.79. The van der Waals surface area contributed by atoms with Crippen LogP contribution in [0.2, 0.25) is 0 Å². The minimum atomic E-state index is -0.502. The first-order chi connectivity index (χ1) is 8.40. The SMILES string of the molecule is CC(C)(C)OC(=O)N1CC(CN)Cn2nccc21. The maximum atomic E-state index is 12.2. The van der Waals surface area contributed by atoms with E-state index < -0.39 is 5.60 Å². The van der Waals surface area contributed by atoms with Gasteiger partial charge < -0.3 is 10.5 Å². The molecule has 0 aromatic carbocycles. The molecule has 0 saturated heterocycles. The largest absolute Gasteiger partial charge is 0.443 e. The minimum Gasteiger partial charge on any atom is -0.443 e. The molecular weight excluding hydrogens is 232 g/mol. The fraction of sp³-hybridized carbons (Fsp3) is 0.667. The summed E-state index contributed by atoms with van der Waals surface area (Å²) in [4.78, 5) is 13.8. The predicted octanol–water partition coefficient (Wildman–Crippen LogP) is 1.21. The van der Waals surface area contributed by atoms with Gasteiger partial charge in [0.15, 0.2) is 0 Å². The number of nitrogens with two attached hydrogens (primary N) is 1. The summed E-state index contributed by atoms with van der Waals surface area (Å²) in [5.74, 6) is 0.985. The van der Waals surface area contributed by atoms with Gasteiger partial charge in [0.25, 0.3) is 0 Å². The van der Waals surface area contributed by atoms with Crippen LogP contribution in [0.1, 0.15) is 20.8 Å². The van der Waals surface area contributed by atoms with Gasteiger partial charge in [-0.1, -0.05) is 0 Å². The van der Waals surface area contributed by atoms with Gasteiger partial charge in [-0.3, -0.25) is 4.90 Å². The highest BCUT2D eigenvalue weighted by Gasteiger charge is 2.31. The summed E-state index contributed by atoms with van der Waals surface area (Å²) in [6.07, 6.45) is 1.34. The van der Waals surface area contributed by atoms with Gasteiger partial charge in [-0.2, -0.15) is 5.10 Å². The zero-order chi connectivity index (χ0) is 13.3. The monoisotopic (exact) mass is 252 g/mol. The highest BCUT2D eigenvalue weighted by atomic mass is 16.6. The fourth-order valence-corrected chi connectivity index (χ4v) is 1.98. The molecule has 1 aromatic heterocycles. The van der Waals surface area contributed by atoms with E-state index in [4.69, 9.17) is 10.5 Å². The average molecular weight is 252 g/mol. The Balaban J connectivity index is 2.20. The van der Waals surface area contributed by atoms with Crippen molar-refractivity contribution in [1.82, 2.24) is 9.78 Å². The molecule has 1 atom stereocenters. The van der Waals surface area contributed by atoms with Crippen molar-refractivity contribution in [3.8, 4) is 0 Å². The Morgan fingerprint density at radius 2 is 2.28 bits per heavy atom. The molecule has 1 amide bonds. The number of nitrogens with zero attached hydrogens (tertiary/aromatic N) is 3. The molecule has 0 saturated carbocycles. The van der Waals surface area contributed by atoms with E-state index in [0.29, 0.717) is 13.1 Å². The number of rotatable bonds is 1. The van der Waals surface area contributed by atoms with Crippen molar-refractivity contribution in [3.05, 3.63) is 12.3 Å². The standard InChI is InChI=1S/C12H20N4O2/c1-12(2,3)18-11(17)15-7-9(6-13)8-16-10(15)4-5-14-16/h4-5,9H,6-8,13H2,1-3H3. The van der Waals surface area contributed by atoms with Crippen LogP contribution in [0.4, 0.5) is 10.6 Å². The van der Waals surface area contributed by atoms with Crippen molar-refractivity contribution in [2.24, 2.45) is 11.7 Å². The molecule has 6 nitrogen and oxygen atoms in total. The summed E-state index contributed by atoms with van der Waals surface area (Å²) in [6.45, 7) is 7.42. The number of hydrogen-bond acceptors (Lipinski definition) is 4. The van der Waals surface area contributed by atoms with Crippen LogP contribution in [-0.4, -0.2) is 34.6 Å². The summed E-state index contributed by atoms with van der Waals surface area (Å²) in [6, 6.07) is 1.82. The molecule has 1 aliphatic rings. The molecule has 18 heavy (non-hydrogen) atoms. The highest BCUT2D eigenvalue weighted by molar-refractivity contribution is 5.87. The quantitative estimate of drug-likeness (QED) is 0.815. The third-order valence-corrected chi connectivity index (χ3v) is 2.79. The van der Waals surface area contributed by atoms with E-state index in [1.165, 1.54) is 0 Å². The Hall–Kier alpha value is -1.56. The Kier molecular flexibility index (Phi) is 3.30. The molecule has 0 aliphatic carbocycles. The van der Waals surface area contributed by atoms with Crippen molar-refractivity contribution in [1.29, 1.82) is 0 Å². The van der Waals surface area contributed by atoms with E-state index in [1.807, 2.05) is 26.8 Å². The molecule has 2 heterocycles. The number of ether oxygens (including phenoxy) is 1. The fourth-order valence-electron chi connectivity index (χ4n) is 1.98. The van der Waals surface area contributed by atoms with Crippen molar-refractivity contribution in [2.45, 2.75) is 32.9 Å². The zero-order valence-electron chi connectivity index (χ0n) is 11.1. The van der Waals surface area contributed by atoms with Crippen LogP contribution >= 0.6 is 0 Å². The molecule has 0 radical (unpaired) electrons. The average Bonchev–Trinajstić information content (AvgIpc) is 2.72. The zero-order valence-corrected chi connectivity index (χ0v) is 11.1. The lowest BCUT2D eigenvalue weighted by Crippen LogP contribution is -2.46. The highest BCUT2D eigenvalue weighted by Crippen LogP contribution is 2.24. The molecule has 0 fully saturated rings. The second kappa shape index (κ2) is 4.61. The van der Waals surface area contributed by atoms with E-state index in [0.717, 1.165) is 12.4 Å². The van der Waals surface area contributed by atoms with Crippen molar-refractivity contribution in [3.63, 3.8) is 0 Å². The first-order valence-electron chi connectivity index (χ1n) is 6.13. The lowest BCUT2D eigenvalue weighted by atomic mass is 10.1. The molecule has 0 spiro atoms. The lowest BCUT2D eigenvalue weighted by molar-refractivity contribution is 0.0564. The summed E-state index contributed by atoms with van der Waals surface area (Å²) in [5, 5.41) is 4.20. The molecule has 100 valence electrons. The third kappa shape index (κ3) is 2.64. The lowest BCUT2D eigenvalue weighted by Gasteiger charge is -2.33. The molecule has 1 aliphatic heterocycles. The van der Waals surface area contributed by atoms with Gasteiger partial charge in [0.2, 0.25) is 0 Å². The molecule has 1 unspecified atom stereocenters. The summed E-state index contributed by atoms with van der Waals surface area (Å²) in [5.41, 5.74) is 5.20. The van der Waals surface area contributed by atoms with Crippen LogP contribution in [0, 0.1) is 5.92 Å². The van der Waals surface area contributed by atoms with Crippen LogP contribution < -0.4 is 10.6 Å². The van der Waals surface area contributed by atoms with E-state index in [1.54, 1.807) is 15.8 Å². The van der Waals surface area contributed by atoms with Crippen molar-refractivity contribution < 1.29 is 9.53 Å². The van der Waals surface area contributed by atoms with Gasteiger partial charge in [-0.25, -0.2) is 9.48 Å². The van der Waals surface area contributed by atoms with E-state index >= 15 is 0 Å². The second-order valence-electron chi connectivity index (χ2n) is 5.56. The van der Waals surface area contributed by atoms with Gasteiger partial charge in [0.1, 0.15) is 11.4 Å². The number of aromatic nitrogens is 2. The van der Waals surface area contributed by atoms with Gasteiger partial charge in [-0.15, -0.1) is 0 Å². The number of fused-ring (bicyclic) bond motifs is 1. The first-order valence-corrected chi connectivity index (χ1v) is 6.13. The minimum absolute atomic E-state index is 0.213. The van der Waals surface area contributed by atoms with E-state index in [2.05, 4.69) is 5.10 Å². The van der Waals surface area contributed by atoms with Crippen molar-refractivity contribution >= 4 is 11.9 Å². The van der Waals surface area contributed by atoms with Crippen molar-refractivity contribution in [2.75, 3.05) is 18.0 Å². The maximum absolute atomic E-state index is 12.2. The van der Waals surface area contributed by atoms with Gasteiger partial charge in [0, 0.05) is 25.1 Å². The summed E-state index contributed by atoms with van der Waals surface area (Å²) in [7, 11) is 0. The van der Waals surface area contributed by atoms with E-state index in [-0.39, 0.29) is 12.0 Å². The molecule has 2 rings (SSSR count). The Morgan fingerprint density at radius 3 is 2.89 bits per heavy atom. The van der Waals surface area contributed by atoms with E-state index in [9.17, 15) is 4.79 Å². The Morgan fingerprint density at radius 1 is 1.56 bits per heavy atom. The Bertz CT molecular complexity index is 436. The second-order valence-corrected chi connectivity index (χ2v) is 5.56. The van der Waals surface area contributed by atoms with Gasteiger partial charge >= 0.3 is 6.09 Å². The van der Waals surface area contributed by atoms with Gasteiger partial charge in [-0.05, 0) is 27.3 Å².